The molecular weight excluding hydrogens is 405 g/mol. The molecule has 0 N–H and O–H groups in total. The molecule has 0 fully saturated rings. The van der Waals surface area contributed by atoms with Gasteiger partial charge in [0, 0.05) is 0 Å². The molecule has 0 saturated carbocycles. The van der Waals surface area contributed by atoms with Crippen molar-refractivity contribution in [1.82, 2.24) is 0 Å². The van der Waals surface area contributed by atoms with Crippen LogP contribution in [0, 0.1) is 0 Å². The molecule has 0 bridgehead atoms. The van der Waals surface area contributed by atoms with Crippen molar-refractivity contribution in [2.45, 2.75) is 25.7 Å². The van der Waals surface area contributed by atoms with E-state index in [-0.39, 0.29) is 0 Å². The van der Waals surface area contributed by atoms with E-state index in [4.69, 9.17) is 0 Å². The van der Waals surface area contributed by atoms with E-state index in [1.165, 1.54) is 23.5 Å². The summed E-state index contributed by atoms with van der Waals surface area (Å²) in [5.41, 5.74) is 2.89. The van der Waals surface area contributed by atoms with Crippen LogP contribution in [0.1, 0.15) is 36.8 Å². The molecule has 0 aliphatic rings. The molecule has 2 unspecified atom stereocenters. The van der Waals surface area contributed by atoms with E-state index < -0.39 is 4.64 Å². The van der Waals surface area contributed by atoms with Crippen LogP contribution in [-0.2, 0) is 0 Å². The molecule has 2 aromatic carbocycles. The van der Waals surface area contributed by atoms with Gasteiger partial charge in [0.15, 0.2) is 0 Å². The first-order valence-electron chi connectivity index (χ1n) is 7.37. The topological polar surface area (TPSA) is 0 Å². The van der Waals surface area contributed by atoms with Crippen LogP contribution < -0.4 is 0 Å². The summed E-state index contributed by atoms with van der Waals surface area (Å²) in [4.78, 5) is 0. The second kappa shape index (κ2) is 7.96. The van der Waals surface area contributed by atoms with Crippen molar-refractivity contribution < 1.29 is 0 Å². The average Bonchev–Trinajstić information content (AvgIpc) is 2.48. The second-order valence-electron chi connectivity index (χ2n) is 5.80. The van der Waals surface area contributed by atoms with Crippen molar-refractivity contribution in [2.75, 3.05) is 12.3 Å². The van der Waals surface area contributed by atoms with Crippen molar-refractivity contribution in [3.8, 4) is 0 Å². The molecule has 0 amide bonds. The second-order valence-corrected chi connectivity index (χ2v) is 20.5. The Labute approximate surface area is 145 Å². The van der Waals surface area contributed by atoms with Crippen LogP contribution >= 0.6 is 4.64 Å². The molecule has 0 saturated heterocycles. The third kappa shape index (κ3) is 5.55. The van der Waals surface area contributed by atoms with Gasteiger partial charge in [0.2, 0.25) is 0 Å². The first-order valence-corrected chi connectivity index (χ1v) is 14.0. The van der Waals surface area contributed by atoms with E-state index in [9.17, 15) is 0 Å². The van der Waals surface area contributed by atoms with Crippen molar-refractivity contribution >= 4 is 35.8 Å². The molecule has 3 heteroatoms. The maximum absolute atomic E-state index is 3.51. The van der Waals surface area contributed by atoms with Gasteiger partial charge >= 0.3 is 146 Å². The SMILES string of the molecule is CC(C[P+]([Se])([Se-])CC(C)c1ccccc1)c1ccccc1. The fourth-order valence-corrected chi connectivity index (χ4v) is 10.6. The number of hydrogen-bond acceptors (Lipinski definition) is 0. The minimum atomic E-state index is -1.14. The molecule has 1 radical (unpaired) electrons. The van der Waals surface area contributed by atoms with Gasteiger partial charge in [-0.05, 0) is 0 Å². The Bertz CT molecular complexity index is 490. The Morgan fingerprint density at radius 1 is 0.810 bits per heavy atom. The molecule has 2 aromatic rings. The molecule has 0 aliphatic heterocycles. The molecule has 2 atom stereocenters. The van der Waals surface area contributed by atoms with Gasteiger partial charge in [-0.3, -0.25) is 0 Å². The van der Waals surface area contributed by atoms with Crippen LogP contribution in [0.2, 0.25) is 0 Å². The molecule has 0 aromatic heterocycles. The monoisotopic (exact) mass is 429 g/mol. The summed E-state index contributed by atoms with van der Waals surface area (Å²) in [6.07, 6.45) is 2.46. The first kappa shape index (κ1) is 17.3. The van der Waals surface area contributed by atoms with E-state index >= 15 is 0 Å². The van der Waals surface area contributed by atoms with Crippen molar-refractivity contribution in [3.05, 3.63) is 71.8 Å². The number of rotatable bonds is 6. The van der Waals surface area contributed by atoms with E-state index in [2.05, 4.69) is 106 Å². The number of hydrogen-bond donors (Lipinski definition) is 0. The van der Waals surface area contributed by atoms with Gasteiger partial charge < -0.3 is 0 Å². The molecule has 111 valence electrons. The summed E-state index contributed by atoms with van der Waals surface area (Å²) in [7, 11) is 0. The number of benzene rings is 2. The van der Waals surface area contributed by atoms with Gasteiger partial charge in [-0.1, -0.05) is 0 Å². The summed E-state index contributed by atoms with van der Waals surface area (Å²) in [5, 5.41) is 0. The van der Waals surface area contributed by atoms with Crippen molar-refractivity contribution in [3.63, 3.8) is 0 Å². The average molecular weight is 427 g/mol. The van der Waals surface area contributed by atoms with Crippen LogP contribution in [0.3, 0.4) is 0 Å². The van der Waals surface area contributed by atoms with E-state index in [0.717, 1.165) is 0 Å². The van der Waals surface area contributed by atoms with Gasteiger partial charge in [0.25, 0.3) is 0 Å². The molecule has 0 nitrogen and oxygen atoms in total. The van der Waals surface area contributed by atoms with Gasteiger partial charge in [0.05, 0.1) is 0 Å². The standard InChI is InChI=1S/C18H22PSe2/c1-15(17-9-5-3-6-10-17)13-19(20,21)14-16(2)18-11-7-4-8-12-18/h3-12,15-16H,13-14H2,1-2H3. The van der Waals surface area contributed by atoms with Gasteiger partial charge in [-0.25, -0.2) is 0 Å². The van der Waals surface area contributed by atoms with Crippen LogP contribution in [0.15, 0.2) is 60.7 Å². The zero-order valence-electron chi connectivity index (χ0n) is 12.6. The summed E-state index contributed by atoms with van der Waals surface area (Å²) in [5.74, 6) is 1.20. The van der Waals surface area contributed by atoms with Gasteiger partial charge in [-0.15, -0.1) is 0 Å². The van der Waals surface area contributed by atoms with E-state index in [1.807, 2.05) is 0 Å². The quantitative estimate of drug-likeness (QED) is 0.460. The third-order valence-corrected chi connectivity index (χ3v) is 9.80. The van der Waals surface area contributed by atoms with Crippen LogP contribution in [0.5, 0.6) is 0 Å². The normalized spacial score (nSPS) is 17.0. The predicted octanol–water partition coefficient (Wildman–Crippen LogP) is 4.78. The first-order chi connectivity index (χ1) is 9.98. The van der Waals surface area contributed by atoms with Gasteiger partial charge in [0.1, 0.15) is 0 Å². The summed E-state index contributed by atoms with van der Waals surface area (Å²) in [6, 6.07) is 21.7. The van der Waals surface area contributed by atoms with Gasteiger partial charge in [-0.2, -0.15) is 0 Å². The fourth-order valence-electron chi connectivity index (χ4n) is 2.68. The summed E-state index contributed by atoms with van der Waals surface area (Å²) >= 11 is 7.02. The van der Waals surface area contributed by atoms with E-state index in [1.54, 1.807) is 0 Å². The van der Waals surface area contributed by atoms with Crippen LogP contribution in [0.25, 0.3) is 0 Å². The molecule has 0 spiro atoms. The molecule has 0 heterocycles. The Kier molecular flexibility index (Phi) is 6.54. The van der Waals surface area contributed by atoms with E-state index in [0.29, 0.717) is 11.8 Å². The Morgan fingerprint density at radius 2 is 1.14 bits per heavy atom. The van der Waals surface area contributed by atoms with Crippen LogP contribution in [0.4, 0.5) is 0 Å². The molecule has 2 rings (SSSR count). The fraction of sp³-hybridized carbons (Fsp3) is 0.333. The Morgan fingerprint density at radius 3 is 1.48 bits per heavy atom. The summed E-state index contributed by atoms with van der Waals surface area (Å²) < 4.78 is -1.14. The molecule has 0 aliphatic carbocycles. The maximum atomic E-state index is 3.51. The minimum absolute atomic E-state index is 0.602. The molecular formula is C18H22PSe2. The van der Waals surface area contributed by atoms with Crippen molar-refractivity contribution in [1.29, 1.82) is 0 Å². The Hall–Kier alpha value is -0.0910. The predicted molar refractivity (Wildman–Crippen MR) is 97.9 cm³/mol. The summed E-state index contributed by atoms with van der Waals surface area (Å²) in [6.45, 7) is 4.68. The third-order valence-electron chi connectivity index (χ3n) is 3.84. The Balaban J connectivity index is 1.98. The van der Waals surface area contributed by atoms with Crippen molar-refractivity contribution in [2.24, 2.45) is 0 Å². The van der Waals surface area contributed by atoms with Crippen LogP contribution in [-0.4, -0.2) is 43.5 Å². The zero-order chi connectivity index (χ0) is 15.3. The molecule has 21 heavy (non-hydrogen) atoms. The zero-order valence-corrected chi connectivity index (χ0v) is 16.9.